The number of hydrogen-bond donors (Lipinski definition) is 2. The molecule has 0 aliphatic carbocycles. The van der Waals surface area contributed by atoms with Gasteiger partial charge in [0.2, 0.25) is 0 Å². The summed E-state index contributed by atoms with van der Waals surface area (Å²) < 4.78 is 29.1. The lowest BCUT2D eigenvalue weighted by Crippen LogP contribution is -2.08. The molecule has 0 unspecified atom stereocenters. The van der Waals surface area contributed by atoms with Crippen molar-refractivity contribution < 1.29 is 22.7 Å². The quantitative estimate of drug-likeness (QED) is 0.850. The molecule has 0 saturated carbocycles. The second-order valence-electron chi connectivity index (χ2n) is 4.36. The van der Waals surface area contributed by atoms with E-state index >= 15 is 0 Å². The second-order valence-corrected chi connectivity index (χ2v) is 6.61. The first-order chi connectivity index (χ1) is 9.94. The molecule has 2 aromatic rings. The van der Waals surface area contributed by atoms with Crippen molar-refractivity contribution >= 4 is 21.5 Å². The molecule has 21 heavy (non-hydrogen) atoms. The average molecular weight is 309 g/mol. The SMILES string of the molecule is CCS(=O)(=O)c1ccccc1NCc1cc(C(=O)O)co1. The number of sulfone groups is 1. The van der Waals surface area contributed by atoms with Crippen molar-refractivity contribution in [1.82, 2.24) is 0 Å². The molecule has 0 aliphatic heterocycles. The Morgan fingerprint density at radius 2 is 2.05 bits per heavy atom. The highest BCUT2D eigenvalue weighted by Gasteiger charge is 2.16. The molecule has 112 valence electrons. The fourth-order valence-electron chi connectivity index (χ4n) is 1.81. The first-order valence-corrected chi connectivity index (χ1v) is 7.95. The molecule has 0 spiro atoms. The first-order valence-electron chi connectivity index (χ1n) is 6.30. The smallest absolute Gasteiger partial charge is 0.338 e. The summed E-state index contributed by atoms with van der Waals surface area (Å²) >= 11 is 0. The molecule has 0 amide bonds. The van der Waals surface area contributed by atoms with Crippen molar-refractivity contribution in [2.24, 2.45) is 0 Å². The predicted octanol–water partition coefficient (Wildman–Crippen LogP) is 2.38. The standard InChI is InChI=1S/C14H15NO5S/c1-2-21(18,19)13-6-4-3-5-12(13)15-8-11-7-10(9-20-11)14(16)17/h3-7,9,15H,2,8H2,1H3,(H,16,17). The third kappa shape index (κ3) is 3.43. The maximum Gasteiger partial charge on any atom is 0.338 e. The molecule has 0 saturated heterocycles. The van der Waals surface area contributed by atoms with Crippen LogP contribution in [-0.2, 0) is 16.4 Å². The van der Waals surface area contributed by atoms with Gasteiger partial charge >= 0.3 is 5.97 Å². The van der Waals surface area contributed by atoms with E-state index in [1.807, 2.05) is 0 Å². The zero-order valence-electron chi connectivity index (χ0n) is 11.4. The molecule has 1 aromatic heterocycles. The summed E-state index contributed by atoms with van der Waals surface area (Å²) in [5.41, 5.74) is 0.522. The van der Waals surface area contributed by atoms with Gasteiger partial charge in [0.05, 0.1) is 28.4 Å². The lowest BCUT2D eigenvalue weighted by Gasteiger charge is -2.10. The molecular formula is C14H15NO5S. The van der Waals surface area contributed by atoms with Gasteiger partial charge in [0.25, 0.3) is 0 Å². The minimum absolute atomic E-state index is 0.00953. The summed E-state index contributed by atoms with van der Waals surface area (Å²) in [5, 5.41) is 11.8. The van der Waals surface area contributed by atoms with Gasteiger partial charge < -0.3 is 14.8 Å². The van der Waals surface area contributed by atoms with E-state index in [1.165, 1.54) is 12.1 Å². The number of hydrogen-bond acceptors (Lipinski definition) is 5. The van der Waals surface area contributed by atoms with Gasteiger partial charge in [0.15, 0.2) is 9.84 Å². The highest BCUT2D eigenvalue weighted by molar-refractivity contribution is 7.91. The molecule has 0 radical (unpaired) electrons. The van der Waals surface area contributed by atoms with Crippen LogP contribution in [0.15, 0.2) is 45.9 Å². The number of nitrogens with one attached hydrogen (secondary N) is 1. The number of furan rings is 1. The lowest BCUT2D eigenvalue weighted by atomic mass is 10.3. The summed E-state index contributed by atoms with van der Waals surface area (Å²) in [6.07, 6.45) is 1.15. The molecule has 0 aliphatic rings. The Labute approximate surface area is 122 Å². The van der Waals surface area contributed by atoms with Crippen LogP contribution in [0.25, 0.3) is 0 Å². The van der Waals surface area contributed by atoms with Crippen LogP contribution in [0.4, 0.5) is 5.69 Å². The predicted molar refractivity (Wildman–Crippen MR) is 77.2 cm³/mol. The fraction of sp³-hybridized carbons (Fsp3) is 0.214. The minimum atomic E-state index is -3.33. The Hall–Kier alpha value is -2.28. The molecule has 7 heteroatoms. The van der Waals surface area contributed by atoms with E-state index in [0.717, 1.165) is 6.26 Å². The highest BCUT2D eigenvalue weighted by atomic mass is 32.2. The molecule has 1 aromatic carbocycles. The van der Waals surface area contributed by atoms with E-state index in [9.17, 15) is 13.2 Å². The normalized spacial score (nSPS) is 11.3. The van der Waals surface area contributed by atoms with Crippen molar-refractivity contribution in [3.05, 3.63) is 47.9 Å². The van der Waals surface area contributed by atoms with Crippen LogP contribution in [0.2, 0.25) is 0 Å². The molecule has 0 bridgehead atoms. The summed E-state index contributed by atoms with van der Waals surface area (Å²) in [6, 6.07) is 7.97. The second kappa shape index (κ2) is 6.01. The van der Waals surface area contributed by atoms with Gasteiger partial charge in [-0.15, -0.1) is 0 Å². The van der Waals surface area contributed by atoms with Crippen LogP contribution in [0.1, 0.15) is 23.0 Å². The Kier molecular flexibility index (Phi) is 4.32. The Morgan fingerprint density at radius 3 is 2.67 bits per heavy atom. The molecule has 2 rings (SSSR count). The van der Waals surface area contributed by atoms with Gasteiger partial charge in [0, 0.05) is 0 Å². The lowest BCUT2D eigenvalue weighted by molar-refractivity contribution is 0.0696. The van der Waals surface area contributed by atoms with Gasteiger partial charge in [-0.25, -0.2) is 13.2 Å². The summed E-state index contributed by atoms with van der Waals surface area (Å²) in [6.45, 7) is 1.78. The zero-order chi connectivity index (χ0) is 15.5. The number of carboxylic acids is 1. The van der Waals surface area contributed by atoms with E-state index in [-0.39, 0.29) is 22.8 Å². The Balaban J connectivity index is 2.18. The number of anilines is 1. The van der Waals surface area contributed by atoms with E-state index in [2.05, 4.69) is 5.32 Å². The van der Waals surface area contributed by atoms with Gasteiger partial charge in [0.1, 0.15) is 12.0 Å². The first kappa shape index (κ1) is 15.1. The van der Waals surface area contributed by atoms with Crippen LogP contribution < -0.4 is 5.32 Å². The van der Waals surface area contributed by atoms with Crippen LogP contribution in [0.3, 0.4) is 0 Å². The van der Waals surface area contributed by atoms with Gasteiger partial charge in [-0.1, -0.05) is 19.1 Å². The van der Waals surface area contributed by atoms with Crippen LogP contribution in [0.5, 0.6) is 0 Å². The third-order valence-electron chi connectivity index (χ3n) is 2.96. The monoisotopic (exact) mass is 309 g/mol. The number of carboxylic acid groups (broad SMARTS) is 1. The van der Waals surface area contributed by atoms with Gasteiger partial charge in [-0.05, 0) is 18.2 Å². The zero-order valence-corrected chi connectivity index (χ0v) is 12.2. The average Bonchev–Trinajstić information content (AvgIpc) is 2.94. The van der Waals surface area contributed by atoms with Crippen molar-refractivity contribution in [2.75, 3.05) is 11.1 Å². The summed E-state index contributed by atoms with van der Waals surface area (Å²) in [7, 11) is -3.33. The molecule has 0 atom stereocenters. The van der Waals surface area contributed by atoms with E-state index in [0.29, 0.717) is 11.4 Å². The van der Waals surface area contributed by atoms with Crippen molar-refractivity contribution in [2.45, 2.75) is 18.4 Å². The van der Waals surface area contributed by atoms with Gasteiger partial charge in [-0.2, -0.15) is 0 Å². The largest absolute Gasteiger partial charge is 0.478 e. The minimum Gasteiger partial charge on any atom is -0.478 e. The van der Waals surface area contributed by atoms with Crippen LogP contribution in [0, 0.1) is 0 Å². The summed E-state index contributed by atoms with van der Waals surface area (Å²) in [4.78, 5) is 11.0. The number of para-hydroxylation sites is 1. The van der Waals surface area contributed by atoms with Crippen LogP contribution in [-0.4, -0.2) is 25.2 Å². The molecule has 1 heterocycles. The topological polar surface area (TPSA) is 96.6 Å². The number of aromatic carboxylic acids is 1. The van der Waals surface area contributed by atoms with Crippen molar-refractivity contribution in [1.29, 1.82) is 0 Å². The maximum absolute atomic E-state index is 12.0. The number of carbonyl (C=O) groups is 1. The van der Waals surface area contributed by atoms with Crippen molar-refractivity contribution in [3.8, 4) is 0 Å². The molecular weight excluding hydrogens is 294 g/mol. The highest BCUT2D eigenvalue weighted by Crippen LogP contribution is 2.22. The molecule has 0 fully saturated rings. The number of rotatable bonds is 6. The Bertz CT molecular complexity index is 748. The van der Waals surface area contributed by atoms with E-state index in [4.69, 9.17) is 9.52 Å². The fourth-order valence-corrected chi connectivity index (χ4v) is 2.88. The van der Waals surface area contributed by atoms with Crippen LogP contribution >= 0.6 is 0 Å². The Morgan fingerprint density at radius 1 is 1.33 bits per heavy atom. The van der Waals surface area contributed by atoms with Gasteiger partial charge in [-0.3, -0.25) is 0 Å². The third-order valence-corrected chi connectivity index (χ3v) is 4.74. The van der Waals surface area contributed by atoms with E-state index in [1.54, 1.807) is 25.1 Å². The number of benzene rings is 1. The van der Waals surface area contributed by atoms with Crippen molar-refractivity contribution in [3.63, 3.8) is 0 Å². The molecule has 6 nitrogen and oxygen atoms in total. The molecule has 2 N–H and O–H groups in total. The maximum atomic E-state index is 12.0. The van der Waals surface area contributed by atoms with E-state index < -0.39 is 15.8 Å². The summed E-state index contributed by atoms with van der Waals surface area (Å²) in [5.74, 6) is -0.648.